The summed E-state index contributed by atoms with van der Waals surface area (Å²) in [6.45, 7) is 3.91. The van der Waals surface area contributed by atoms with Crippen LogP contribution in [-0.2, 0) is 11.2 Å². The largest absolute Gasteiger partial charge is 0.369 e. The lowest BCUT2D eigenvalue weighted by molar-refractivity contribution is -0.119. The summed E-state index contributed by atoms with van der Waals surface area (Å²) in [5.74, 6) is -0.745. The first-order chi connectivity index (χ1) is 12.0. The minimum absolute atomic E-state index is 0.334. The number of aryl methyl sites for hydroxylation is 1. The molecule has 0 saturated carbocycles. The van der Waals surface area contributed by atoms with Gasteiger partial charge in [0.05, 0.1) is 17.3 Å². The first-order valence-corrected chi connectivity index (χ1v) is 8.92. The molecule has 128 valence electrons. The molecule has 0 aliphatic rings. The Labute approximate surface area is 155 Å². The third kappa shape index (κ3) is 3.66. The number of carbonyl (C=O) groups is 1. The molecule has 4 nitrogen and oxygen atoms in total. The molecule has 0 bridgehead atoms. The zero-order valence-corrected chi connectivity index (χ0v) is 15.8. The molecule has 2 N–H and O–H groups in total. The van der Waals surface area contributed by atoms with Crippen LogP contribution in [0.15, 0.2) is 59.1 Å². The highest BCUT2D eigenvalue weighted by Crippen LogP contribution is 2.29. The van der Waals surface area contributed by atoms with Crippen LogP contribution in [0.25, 0.3) is 5.69 Å². The molecular weight excluding hydrogens is 378 g/mol. The molecule has 1 unspecified atom stereocenters. The van der Waals surface area contributed by atoms with Crippen molar-refractivity contribution in [1.29, 1.82) is 0 Å². The van der Waals surface area contributed by atoms with E-state index >= 15 is 0 Å². The molecule has 3 aromatic rings. The molecule has 0 radical (unpaired) electrons. The van der Waals surface area contributed by atoms with Crippen LogP contribution < -0.4 is 5.73 Å². The summed E-state index contributed by atoms with van der Waals surface area (Å²) in [5, 5.41) is 4.64. The zero-order valence-electron chi connectivity index (χ0n) is 14.2. The van der Waals surface area contributed by atoms with Gasteiger partial charge in [0.15, 0.2) is 0 Å². The van der Waals surface area contributed by atoms with Crippen molar-refractivity contribution in [3.63, 3.8) is 0 Å². The molecule has 0 fully saturated rings. The molecule has 25 heavy (non-hydrogen) atoms. The lowest BCUT2D eigenvalue weighted by Crippen LogP contribution is -2.24. The molecule has 0 saturated heterocycles. The number of hydrogen-bond acceptors (Lipinski definition) is 2. The summed E-state index contributed by atoms with van der Waals surface area (Å²) in [6.07, 6.45) is 0.553. The number of nitrogens with two attached hydrogens (primary N) is 1. The first-order valence-electron chi connectivity index (χ1n) is 8.12. The number of aromatic nitrogens is 2. The number of halogens is 1. The molecule has 0 spiro atoms. The number of benzene rings is 2. The van der Waals surface area contributed by atoms with E-state index in [0.29, 0.717) is 6.42 Å². The second kappa shape index (κ2) is 7.23. The van der Waals surface area contributed by atoms with Gasteiger partial charge in [-0.25, -0.2) is 4.68 Å². The van der Waals surface area contributed by atoms with Crippen LogP contribution in [0.4, 0.5) is 0 Å². The SMILES string of the molecule is Cc1nn(-c2ccccc2)c(C)c1C(Cc1cccc(Br)c1)C(N)=O. The summed E-state index contributed by atoms with van der Waals surface area (Å²) < 4.78 is 2.86. The Balaban J connectivity index is 2.03. The van der Waals surface area contributed by atoms with Gasteiger partial charge in [0, 0.05) is 15.7 Å². The fourth-order valence-electron chi connectivity index (χ4n) is 3.22. The number of amides is 1. The van der Waals surface area contributed by atoms with Gasteiger partial charge in [-0.05, 0) is 50.1 Å². The molecule has 5 heteroatoms. The Morgan fingerprint density at radius 1 is 1.16 bits per heavy atom. The van der Waals surface area contributed by atoms with Gasteiger partial charge in [-0.2, -0.15) is 5.10 Å². The number of hydrogen-bond donors (Lipinski definition) is 1. The van der Waals surface area contributed by atoms with Gasteiger partial charge in [0.1, 0.15) is 0 Å². The fraction of sp³-hybridized carbons (Fsp3) is 0.200. The van der Waals surface area contributed by atoms with E-state index in [2.05, 4.69) is 21.0 Å². The van der Waals surface area contributed by atoms with Gasteiger partial charge in [0.2, 0.25) is 5.91 Å². The second-order valence-electron chi connectivity index (χ2n) is 6.12. The number of nitrogens with zero attached hydrogens (tertiary/aromatic N) is 2. The average Bonchev–Trinajstić information content (AvgIpc) is 2.88. The summed E-state index contributed by atoms with van der Waals surface area (Å²) >= 11 is 3.48. The number of primary amides is 1. The minimum atomic E-state index is -0.410. The van der Waals surface area contributed by atoms with Crippen LogP contribution >= 0.6 is 15.9 Å². The third-order valence-electron chi connectivity index (χ3n) is 4.37. The van der Waals surface area contributed by atoms with Crippen LogP contribution in [0.5, 0.6) is 0 Å². The molecule has 1 amide bonds. The smallest absolute Gasteiger partial charge is 0.225 e. The van der Waals surface area contributed by atoms with Gasteiger partial charge >= 0.3 is 0 Å². The van der Waals surface area contributed by atoms with Crippen LogP contribution in [0.1, 0.15) is 28.4 Å². The van der Waals surface area contributed by atoms with Crippen LogP contribution in [0, 0.1) is 13.8 Å². The molecule has 0 aliphatic carbocycles. The number of carbonyl (C=O) groups excluding carboxylic acids is 1. The molecule has 1 atom stereocenters. The summed E-state index contributed by atoms with van der Waals surface area (Å²) in [6, 6.07) is 17.9. The Morgan fingerprint density at radius 3 is 2.52 bits per heavy atom. The highest BCUT2D eigenvalue weighted by Gasteiger charge is 2.26. The van der Waals surface area contributed by atoms with E-state index in [4.69, 9.17) is 5.73 Å². The topological polar surface area (TPSA) is 60.9 Å². The second-order valence-corrected chi connectivity index (χ2v) is 7.04. The Kier molecular flexibility index (Phi) is 5.04. The molecule has 1 heterocycles. The predicted octanol–water partition coefficient (Wildman–Crippen LogP) is 4.06. The van der Waals surface area contributed by atoms with Gasteiger partial charge < -0.3 is 5.73 Å². The monoisotopic (exact) mass is 397 g/mol. The molecule has 2 aromatic carbocycles. The van der Waals surface area contributed by atoms with E-state index in [1.54, 1.807) is 0 Å². The Bertz CT molecular complexity index is 903. The van der Waals surface area contributed by atoms with Crippen LogP contribution in [-0.4, -0.2) is 15.7 Å². The summed E-state index contributed by atoms with van der Waals surface area (Å²) in [7, 11) is 0. The average molecular weight is 398 g/mol. The molecule has 1 aromatic heterocycles. The van der Waals surface area contributed by atoms with Gasteiger partial charge in [-0.3, -0.25) is 4.79 Å². The highest BCUT2D eigenvalue weighted by molar-refractivity contribution is 9.10. The predicted molar refractivity (Wildman–Crippen MR) is 103 cm³/mol. The van der Waals surface area contributed by atoms with E-state index in [1.165, 1.54) is 0 Å². The molecule has 3 rings (SSSR count). The van der Waals surface area contributed by atoms with Gasteiger partial charge in [-0.1, -0.05) is 46.3 Å². The van der Waals surface area contributed by atoms with Crippen molar-refractivity contribution in [2.45, 2.75) is 26.2 Å². The number of para-hydroxylation sites is 1. The van der Waals surface area contributed by atoms with E-state index in [-0.39, 0.29) is 5.91 Å². The van der Waals surface area contributed by atoms with Crippen molar-refractivity contribution in [3.05, 3.63) is 81.6 Å². The third-order valence-corrected chi connectivity index (χ3v) is 4.86. The highest BCUT2D eigenvalue weighted by atomic mass is 79.9. The van der Waals surface area contributed by atoms with Crippen molar-refractivity contribution < 1.29 is 4.79 Å². The molecule has 0 aliphatic heterocycles. The van der Waals surface area contributed by atoms with Crippen molar-refractivity contribution in [2.24, 2.45) is 5.73 Å². The Morgan fingerprint density at radius 2 is 1.88 bits per heavy atom. The van der Waals surface area contributed by atoms with Crippen molar-refractivity contribution in [1.82, 2.24) is 9.78 Å². The molecular formula is C20H20BrN3O. The van der Waals surface area contributed by atoms with Crippen molar-refractivity contribution in [2.75, 3.05) is 0 Å². The lowest BCUT2D eigenvalue weighted by Gasteiger charge is -2.15. The van der Waals surface area contributed by atoms with Gasteiger partial charge in [-0.15, -0.1) is 0 Å². The fourth-order valence-corrected chi connectivity index (χ4v) is 3.67. The first kappa shape index (κ1) is 17.4. The maximum atomic E-state index is 12.2. The van der Waals surface area contributed by atoms with Crippen LogP contribution in [0.2, 0.25) is 0 Å². The normalized spacial score (nSPS) is 12.1. The van der Waals surface area contributed by atoms with Crippen LogP contribution in [0.3, 0.4) is 0 Å². The van der Waals surface area contributed by atoms with Crippen molar-refractivity contribution in [3.8, 4) is 5.69 Å². The van der Waals surface area contributed by atoms with E-state index in [9.17, 15) is 4.79 Å². The zero-order chi connectivity index (χ0) is 18.0. The maximum absolute atomic E-state index is 12.2. The van der Waals surface area contributed by atoms with Gasteiger partial charge in [0.25, 0.3) is 0 Å². The lowest BCUT2D eigenvalue weighted by atomic mass is 9.90. The number of rotatable bonds is 5. The van der Waals surface area contributed by atoms with E-state index < -0.39 is 5.92 Å². The van der Waals surface area contributed by atoms with E-state index in [0.717, 1.165) is 32.7 Å². The maximum Gasteiger partial charge on any atom is 0.225 e. The summed E-state index contributed by atoms with van der Waals surface area (Å²) in [5.41, 5.74) is 10.5. The minimum Gasteiger partial charge on any atom is -0.369 e. The summed E-state index contributed by atoms with van der Waals surface area (Å²) in [4.78, 5) is 12.2. The quantitative estimate of drug-likeness (QED) is 0.705. The Hall–Kier alpha value is -2.40. The van der Waals surface area contributed by atoms with E-state index in [1.807, 2.05) is 73.1 Å². The standard InChI is InChI=1S/C20H20BrN3O/c1-13-19(14(2)24(23-13)17-9-4-3-5-10-17)18(20(22)25)12-15-7-6-8-16(21)11-15/h3-11,18H,12H2,1-2H3,(H2,22,25). The van der Waals surface area contributed by atoms with Crippen molar-refractivity contribution >= 4 is 21.8 Å².